The van der Waals surface area contributed by atoms with Crippen molar-refractivity contribution in [3.05, 3.63) is 83.1 Å². The summed E-state index contributed by atoms with van der Waals surface area (Å²) in [5.74, 6) is -1.23. The Balaban J connectivity index is 0.00000222. The predicted octanol–water partition coefficient (Wildman–Crippen LogP) is 5.48. The summed E-state index contributed by atoms with van der Waals surface area (Å²) >= 11 is 1.35. The van der Waals surface area contributed by atoms with Crippen LogP contribution in [0.15, 0.2) is 65.2 Å². The molecule has 1 aliphatic heterocycles. The zero-order chi connectivity index (χ0) is 26.9. The summed E-state index contributed by atoms with van der Waals surface area (Å²) in [5, 5.41) is 2.71. The van der Waals surface area contributed by atoms with Crippen LogP contribution in [0.3, 0.4) is 0 Å². The molecule has 36 heavy (non-hydrogen) atoms. The normalized spacial score (nSPS) is 16.9. The van der Waals surface area contributed by atoms with Crippen LogP contribution in [0.4, 0.5) is 22.0 Å². The predicted molar refractivity (Wildman–Crippen MR) is 132 cm³/mol. The van der Waals surface area contributed by atoms with Crippen molar-refractivity contribution in [3.63, 3.8) is 0 Å². The second kappa shape index (κ2) is 13.3. The fourth-order valence-electron chi connectivity index (χ4n) is 3.30. The Hall–Kier alpha value is -3.05. The van der Waals surface area contributed by atoms with E-state index >= 15 is 0 Å². The van der Waals surface area contributed by atoms with Crippen molar-refractivity contribution in [2.45, 2.75) is 50.3 Å². The van der Waals surface area contributed by atoms with Crippen molar-refractivity contribution in [1.29, 1.82) is 0 Å². The third kappa shape index (κ3) is 8.27. The highest BCUT2D eigenvalue weighted by Crippen LogP contribution is 2.31. The number of nitrogens with zero attached hydrogens (tertiary/aromatic N) is 1. The molecule has 5 nitrogen and oxygen atoms in total. The summed E-state index contributed by atoms with van der Waals surface area (Å²) in [5.41, 5.74) is 9.81. The van der Waals surface area contributed by atoms with Crippen LogP contribution in [0.2, 0.25) is 0 Å². The lowest BCUT2D eigenvalue weighted by Gasteiger charge is -2.22. The molecule has 0 spiro atoms. The number of rotatable bonds is 7. The topological polar surface area (TPSA) is 84.4 Å². The van der Waals surface area contributed by atoms with Gasteiger partial charge in [0, 0.05) is 29.2 Å². The van der Waals surface area contributed by atoms with Gasteiger partial charge in [0.2, 0.25) is 5.91 Å². The number of hydrogen-bond acceptors (Lipinski definition) is 5. The molecule has 1 aliphatic rings. The Kier molecular flexibility index (Phi) is 10.8. The number of benzene rings is 2. The molecule has 2 aromatic carbocycles. The molecule has 1 atom stereocenters. The van der Waals surface area contributed by atoms with E-state index < -0.39 is 23.7 Å². The fraction of sp³-hybridized carbons (Fsp3) is 0.320. The minimum absolute atomic E-state index is 0.0440. The van der Waals surface area contributed by atoms with Gasteiger partial charge in [-0.05, 0) is 85.0 Å². The Morgan fingerprint density at radius 2 is 1.78 bits per heavy atom. The van der Waals surface area contributed by atoms with Crippen molar-refractivity contribution in [2.24, 2.45) is 11.5 Å². The quantitative estimate of drug-likeness (QED) is 0.252. The molecule has 0 radical (unpaired) electrons. The molecular weight excluding hydrogens is 499 g/mol. The van der Waals surface area contributed by atoms with Crippen LogP contribution in [0.25, 0.3) is 5.70 Å². The number of carbonyl (C=O) groups excluding carboxylic acids is 1. The van der Waals surface area contributed by atoms with Crippen LogP contribution in [0, 0.1) is 11.6 Å². The third-order valence-corrected chi connectivity index (χ3v) is 6.30. The van der Waals surface area contributed by atoms with Crippen molar-refractivity contribution in [1.82, 2.24) is 9.62 Å². The Bertz CT molecular complexity index is 1090. The number of nitrogens with one attached hydrogen (secondary N) is 1. The van der Waals surface area contributed by atoms with Crippen molar-refractivity contribution < 1.29 is 26.7 Å². The molecule has 5 N–H and O–H groups in total. The lowest BCUT2D eigenvalue weighted by Crippen LogP contribution is -2.40. The van der Waals surface area contributed by atoms with Crippen molar-refractivity contribution in [2.75, 3.05) is 6.54 Å². The van der Waals surface area contributed by atoms with Crippen molar-refractivity contribution >= 4 is 23.6 Å². The number of carbonyl (C=O) groups is 1. The Labute approximate surface area is 211 Å². The number of allylic oxidation sites excluding steroid dienone is 3. The number of amides is 1. The van der Waals surface area contributed by atoms with Gasteiger partial charge in [-0.1, -0.05) is 13.8 Å². The van der Waals surface area contributed by atoms with E-state index in [0.717, 1.165) is 23.5 Å². The second-order valence-electron chi connectivity index (χ2n) is 7.61. The zero-order valence-corrected chi connectivity index (χ0v) is 20.7. The smallest absolute Gasteiger partial charge is 0.398 e. The van der Waals surface area contributed by atoms with Crippen LogP contribution in [-0.4, -0.2) is 29.0 Å². The lowest BCUT2D eigenvalue weighted by atomic mass is 10.1. The standard InChI is InChI=1S/C23H23F5N4OS.C2H6/c24-16-4-6-17(7-5-16)34-32-11-1-2-20(32)22(33)31-13-15-12-14(3-8-18(15)25)19(29)9-10-21(30)23(26,27)28;1-2/h3-10,12,20H,1-2,11,13,29-30H2,(H,31,33);1-2H3/b19-9-,21-10-;. The number of nitrogens with two attached hydrogens (primary N) is 2. The van der Waals surface area contributed by atoms with Gasteiger partial charge in [-0.2, -0.15) is 13.2 Å². The monoisotopic (exact) mass is 528 g/mol. The first kappa shape index (κ1) is 29.2. The SMILES string of the molecule is CC.N/C(=C\C=C(/N)C(F)(F)F)c1ccc(F)c(CNC(=O)C2CCCN2Sc2ccc(F)cc2)c1. The summed E-state index contributed by atoms with van der Waals surface area (Å²) in [4.78, 5) is 13.6. The zero-order valence-electron chi connectivity index (χ0n) is 19.9. The fourth-order valence-corrected chi connectivity index (χ4v) is 4.38. The van der Waals surface area contributed by atoms with E-state index in [1.807, 2.05) is 18.2 Å². The molecule has 0 bridgehead atoms. The van der Waals surface area contributed by atoms with Gasteiger partial charge in [-0.25, -0.2) is 13.1 Å². The van der Waals surface area contributed by atoms with E-state index in [9.17, 15) is 26.7 Å². The minimum Gasteiger partial charge on any atom is -0.398 e. The van der Waals surface area contributed by atoms with Gasteiger partial charge >= 0.3 is 6.18 Å². The lowest BCUT2D eigenvalue weighted by molar-refractivity contribution is -0.124. The summed E-state index contributed by atoms with van der Waals surface area (Å²) in [7, 11) is 0. The molecule has 0 aliphatic carbocycles. The first-order chi connectivity index (χ1) is 17.0. The Morgan fingerprint density at radius 1 is 1.11 bits per heavy atom. The maximum atomic E-state index is 14.3. The minimum atomic E-state index is -4.68. The van der Waals surface area contributed by atoms with Crippen LogP contribution in [0.5, 0.6) is 0 Å². The van der Waals surface area contributed by atoms with Gasteiger partial charge < -0.3 is 16.8 Å². The number of halogens is 5. The maximum absolute atomic E-state index is 14.3. The first-order valence-corrected chi connectivity index (χ1v) is 12.1. The molecular formula is C25H29F5N4OS. The van der Waals surface area contributed by atoms with E-state index in [0.29, 0.717) is 19.0 Å². The molecule has 1 saturated heterocycles. The molecule has 1 fully saturated rings. The third-order valence-electron chi connectivity index (χ3n) is 5.14. The van der Waals surface area contributed by atoms with Crippen molar-refractivity contribution in [3.8, 4) is 0 Å². The molecule has 196 valence electrons. The summed E-state index contributed by atoms with van der Waals surface area (Å²) < 4.78 is 66.9. The highest BCUT2D eigenvalue weighted by molar-refractivity contribution is 7.97. The van der Waals surface area contributed by atoms with Gasteiger partial charge in [0.1, 0.15) is 17.3 Å². The maximum Gasteiger partial charge on any atom is 0.430 e. The molecule has 0 saturated carbocycles. The average molecular weight is 529 g/mol. The van der Waals surface area contributed by atoms with E-state index in [4.69, 9.17) is 11.5 Å². The largest absolute Gasteiger partial charge is 0.430 e. The molecule has 11 heteroatoms. The van der Waals surface area contributed by atoms with Gasteiger partial charge in [0.05, 0.1) is 6.04 Å². The highest BCUT2D eigenvalue weighted by Gasteiger charge is 2.32. The van der Waals surface area contributed by atoms with E-state index in [1.54, 1.807) is 12.1 Å². The average Bonchev–Trinajstić information content (AvgIpc) is 3.32. The van der Waals surface area contributed by atoms with Crippen LogP contribution in [0.1, 0.15) is 37.8 Å². The van der Waals surface area contributed by atoms with Gasteiger partial charge in [-0.15, -0.1) is 0 Å². The number of hydrogen-bond donors (Lipinski definition) is 3. The van der Waals surface area contributed by atoms with E-state index in [-0.39, 0.29) is 35.1 Å². The summed E-state index contributed by atoms with van der Waals surface area (Å²) in [6.45, 7) is 4.54. The highest BCUT2D eigenvalue weighted by atomic mass is 32.2. The van der Waals surface area contributed by atoms with Gasteiger partial charge in [0.15, 0.2) is 0 Å². The molecule has 0 aromatic heterocycles. The van der Waals surface area contributed by atoms with Crippen LogP contribution in [-0.2, 0) is 11.3 Å². The number of alkyl halides is 3. The second-order valence-corrected chi connectivity index (χ2v) is 8.73. The Morgan fingerprint density at radius 3 is 2.42 bits per heavy atom. The first-order valence-electron chi connectivity index (χ1n) is 11.3. The van der Waals surface area contributed by atoms with Crippen LogP contribution >= 0.6 is 11.9 Å². The molecule has 2 aromatic rings. The summed E-state index contributed by atoms with van der Waals surface area (Å²) in [6.07, 6.45) is -1.65. The van der Waals surface area contributed by atoms with Crippen LogP contribution < -0.4 is 16.8 Å². The van der Waals surface area contributed by atoms with Gasteiger partial charge in [0.25, 0.3) is 0 Å². The molecule has 1 unspecified atom stereocenters. The summed E-state index contributed by atoms with van der Waals surface area (Å²) in [6, 6.07) is 9.31. The van der Waals surface area contributed by atoms with Gasteiger partial charge in [-0.3, -0.25) is 4.79 Å². The molecule has 1 amide bonds. The molecule has 1 heterocycles. The molecule has 3 rings (SSSR count). The van der Waals surface area contributed by atoms with E-state index in [1.165, 1.54) is 36.2 Å². The van der Waals surface area contributed by atoms with E-state index in [2.05, 4.69) is 5.32 Å².